The number of aryl methyl sites for hydroxylation is 1. The first-order valence-corrected chi connectivity index (χ1v) is 9.73. The summed E-state index contributed by atoms with van der Waals surface area (Å²) in [7, 11) is 0. The molecule has 0 saturated heterocycles. The van der Waals surface area contributed by atoms with Crippen LogP contribution in [0.25, 0.3) is 0 Å². The number of phenols is 1. The lowest BCUT2D eigenvalue weighted by atomic mass is 9.55. The standard InChI is InChI=1S/C21H29NO3/c1-3-19(25)22-20-18(24)11-17-16-6-4-12-10-13(23)5-7-14(12)15(16)8-9-21(17,20)2/h5,7,10,15-18,20,23-24H,3-4,6,8-9,11H2,1-2H3,(H,22,25)/t15-,16-,17+,18+,20+,21+/m1/s1. The maximum absolute atomic E-state index is 12.0. The Balaban J connectivity index is 1.63. The molecule has 1 amide bonds. The Morgan fingerprint density at radius 1 is 1.36 bits per heavy atom. The molecule has 0 unspecified atom stereocenters. The van der Waals surface area contributed by atoms with Gasteiger partial charge >= 0.3 is 0 Å². The number of aliphatic hydroxyl groups is 1. The summed E-state index contributed by atoms with van der Waals surface area (Å²) in [5.74, 6) is 1.93. The minimum absolute atomic E-state index is 0.0141. The van der Waals surface area contributed by atoms with E-state index in [9.17, 15) is 15.0 Å². The molecule has 0 heterocycles. The van der Waals surface area contributed by atoms with Crippen LogP contribution in [0.4, 0.5) is 0 Å². The van der Waals surface area contributed by atoms with Crippen molar-refractivity contribution >= 4 is 5.91 Å². The van der Waals surface area contributed by atoms with E-state index in [0.717, 1.165) is 32.1 Å². The Labute approximate surface area is 149 Å². The number of rotatable bonds is 2. The van der Waals surface area contributed by atoms with E-state index in [2.05, 4.69) is 18.3 Å². The number of aromatic hydroxyl groups is 1. The molecule has 2 saturated carbocycles. The van der Waals surface area contributed by atoms with E-state index in [1.807, 2.05) is 19.1 Å². The first-order chi connectivity index (χ1) is 11.9. The molecule has 0 radical (unpaired) electrons. The van der Waals surface area contributed by atoms with E-state index < -0.39 is 6.10 Å². The Bertz CT molecular complexity index is 688. The molecular weight excluding hydrogens is 314 g/mol. The summed E-state index contributed by atoms with van der Waals surface area (Å²) in [6, 6.07) is 5.72. The highest BCUT2D eigenvalue weighted by molar-refractivity contribution is 5.76. The van der Waals surface area contributed by atoms with Gasteiger partial charge in [0, 0.05) is 6.42 Å². The van der Waals surface area contributed by atoms with Gasteiger partial charge in [-0.25, -0.2) is 0 Å². The zero-order chi connectivity index (χ0) is 17.8. The van der Waals surface area contributed by atoms with Crippen molar-refractivity contribution in [2.24, 2.45) is 17.3 Å². The van der Waals surface area contributed by atoms with Crippen LogP contribution in [0, 0.1) is 17.3 Å². The number of carbonyl (C=O) groups excluding carboxylic acids is 1. The number of nitrogens with one attached hydrogen (secondary N) is 1. The third-order valence-corrected chi connectivity index (χ3v) is 7.38. The highest BCUT2D eigenvalue weighted by Crippen LogP contribution is 2.61. The van der Waals surface area contributed by atoms with Gasteiger partial charge in [0.1, 0.15) is 5.75 Å². The van der Waals surface area contributed by atoms with Crippen molar-refractivity contribution in [2.45, 2.75) is 70.4 Å². The van der Waals surface area contributed by atoms with Gasteiger partial charge in [-0.3, -0.25) is 4.79 Å². The maximum atomic E-state index is 12.0. The molecule has 4 heteroatoms. The van der Waals surface area contributed by atoms with Crippen LogP contribution in [0.5, 0.6) is 5.75 Å². The lowest BCUT2D eigenvalue weighted by Crippen LogP contribution is -2.52. The molecule has 136 valence electrons. The van der Waals surface area contributed by atoms with Crippen LogP contribution in [0.3, 0.4) is 0 Å². The van der Waals surface area contributed by atoms with Gasteiger partial charge in [0.2, 0.25) is 5.91 Å². The molecule has 0 aromatic heterocycles. The quantitative estimate of drug-likeness (QED) is 0.773. The molecule has 25 heavy (non-hydrogen) atoms. The Kier molecular flexibility index (Phi) is 4.06. The van der Waals surface area contributed by atoms with Gasteiger partial charge in [0.15, 0.2) is 0 Å². The van der Waals surface area contributed by atoms with Crippen molar-refractivity contribution in [3.05, 3.63) is 29.3 Å². The van der Waals surface area contributed by atoms with Crippen LogP contribution in [0.1, 0.15) is 63.0 Å². The van der Waals surface area contributed by atoms with Crippen LogP contribution in [-0.4, -0.2) is 28.3 Å². The highest BCUT2D eigenvalue weighted by Gasteiger charge is 2.58. The van der Waals surface area contributed by atoms with Crippen LogP contribution < -0.4 is 5.32 Å². The van der Waals surface area contributed by atoms with E-state index in [1.165, 1.54) is 11.1 Å². The average Bonchev–Trinajstić information content (AvgIpc) is 2.85. The molecule has 3 aliphatic rings. The smallest absolute Gasteiger partial charge is 0.220 e. The molecule has 3 N–H and O–H groups in total. The normalized spacial score (nSPS) is 39.2. The van der Waals surface area contributed by atoms with E-state index in [0.29, 0.717) is 29.9 Å². The van der Waals surface area contributed by atoms with E-state index in [1.54, 1.807) is 0 Å². The number of phenolic OH excluding ortho intramolecular Hbond substituents is 1. The summed E-state index contributed by atoms with van der Waals surface area (Å²) >= 11 is 0. The van der Waals surface area contributed by atoms with Crippen LogP contribution >= 0.6 is 0 Å². The molecule has 3 aliphatic carbocycles. The minimum Gasteiger partial charge on any atom is -0.508 e. The predicted molar refractivity (Wildman–Crippen MR) is 96.3 cm³/mol. The molecule has 1 aromatic rings. The molecular formula is C21H29NO3. The van der Waals surface area contributed by atoms with E-state index in [-0.39, 0.29) is 17.4 Å². The third kappa shape index (κ3) is 2.57. The first kappa shape index (κ1) is 16.9. The van der Waals surface area contributed by atoms with Crippen molar-refractivity contribution in [2.75, 3.05) is 0 Å². The number of carbonyl (C=O) groups is 1. The van der Waals surface area contributed by atoms with Gasteiger partial charge in [0.05, 0.1) is 12.1 Å². The first-order valence-electron chi connectivity index (χ1n) is 9.73. The number of aliphatic hydroxyl groups excluding tert-OH is 1. The van der Waals surface area contributed by atoms with Gasteiger partial charge in [-0.1, -0.05) is 19.9 Å². The second kappa shape index (κ2) is 6.01. The van der Waals surface area contributed by atoms with Gasteiger partial charge in [-0.2, -0.15) is 0 Å². The van der Waals surface area contributed by atoms with E-state index >= 15 is 0 Å². The van der Waals surface area contributed by atoms with Crippen molar-refractivity contribution < 1.29 is 15.0 Å². The SMILES string of the molecule is CCC(=O)N[C@H]1[C@@H](O)C[C@H]2[C@@H]3CCc4cc(O)ccc4[C@H]3CC[C@@]21C. The minimum atomic E-state index is -0.439. The molecule has 4 rings (SSSR count). The van der Waals surface area contributed by atoms with E-state index in [4.69, 9.17) is 0 Å². The van der Waals surface area contributed by atoms with Gasteiger partial charge in [-0.05, 0) is 78.5 Å². The fraction of sp³-hybridized carbons (Fsp3) is 0.667. The number of amides is 1. The summed E-state index contributed by atoms with van der Waals surface area (Å²) in [5, 5.41) is 23.6. The molecule has 0 bridgehead atoms. The van der Waals surface area contributed by atoms with Crippen molar-refractivity contribution in [1.29, 1.82) is 0 Å². The summed E-state index contributed by atoms with van der Waals surface area (Å²) < 4.78 is 0. The number of benzene rings is 1. The summed E-state index contributed by atoms with van der Waals surface area (Å²) in [6.07, 6.45) is 5.06. The molecule has 0 aliphatic heterocycles. The van der Waals surface area contributed by atoms with Gasteiger partial charge < -0.3 is 15.5 Å². The van der Waals surface area contributed by atoms with Crippen molar-refractivity contribution in [3.8, 4) is 5.75 Å². The average molecular weight is 343 g/mol. The molecule has 6 atom stereocenters. The molecule has 2 fully saturated rings. The third-order valence-electron chi connectivity index (χ3n) is 7.38. The topological polar surface area (TPSA) is 69.6 Å². The number of fused-ring (bicyclic) bond motifs is 5. The van der Waals surface area contributed by atoms with Gasteiger partial charge in [-0.15, -0.1) is 0 Å². The second-order valence-corrected chi connectivity index (χ2v) is 8.54. The Morgan fingerprint density at radius 3 is 2.92 bits per heavy atom. The second-order valence-electron chi connectivity index (χ2n) is 8.54. The van der Waals surface area contributed by atoms with Crippen molar-refractivity contribution in [1.82, 2.24) is 5.32 Å². The molecule has 0 spiro atoms. The monoisotopic (exact) mass is 343 g/mol. The zero-order valence-electron chi connectivity index (χ0n) is 15.2. The largest absolute Gasteiger partial charge is 0.508 e. The summed E-state index contributed by atoms with van der Waals surface area (Å²) in [4.78, 5) is 12.0. The lowest BCUT2D eigenvalue weighted by Gasteiger charge is -2.50. The Morgan fingerprint density at radius 2 is 2.16 bits per heavy atom. The van der Waals surface area contributed by atoms with Gasteiger partial charge in [0.25, 0.3) is 0 Å². The fourth-order valence-electron chi connectivity index (χ4n) is 6.12. The van der Waals surface area contributed by atoms with Crippen LogP contribution in [0.2, 0.25) is 0 Å². The highest BCUT2D eigenvalue weighted by atomic mass is 16.3. The maximum Gasteiger partial charge on any atom is 0.220 e. The molecule has 1 aromatic carbocycles. The Hall–Kier alpha value is -1.55. The van der Waals surface area contributed by atoms with Crippen LogP contribution in [-0.2, 0) is 11.2 Å². The molecule has 4 nitrogen and oxygen atoms in total. The number of hydrogen-bond donors (Lipinski definition) is 3. The lowest BCUT2D eigenvalue weighted by molar-refractivity contribution is -0.123. The zero-order valence-corrected chi connectivity index (χ0v) is 15.2. The summed E-state index contributed by atoms with van der Waals surface area (Å²) in [6.45, 7) is 4.14. The van der Waals surface area contributed by atoms with Crippen LogP contribution in [0.15, 0.2) is 18.2 Å². The number of hydrogen-bond acceptors (Lipinski definition) is 3. The fourth-order valence-corrected chi connectivity index (χ4v) is 6.12. The van der Waals surface area contributed by atoms with Crippen molar-refractivity contribution in [3.63, 3.8) is 0 Å². The predicted octanol–water partition coefficient (Wildman–Crippen LogP) is 3.11. The summed E-state index contributed by atoms with van der Waals surface area (Å²) in [5.41, 5.74) is 2.67.